The molecule has 3 aliphatic rings. The van der Waals surface area contributed by atoms with Gasteiger partial charge < -0.3 is 31.3 Å². The lowest BCUT2D eigenvalue weighted by Crippen LogP contribution is -2.70. The predicted octanol–water partition coefficient (Wildman–Crippen LogP) is 1.47. The number of amides is 1. The highest BCUT2D eigenvalue weighted by Crippen LogP contribution is 2.57. The first kappa shape index (κ1) is 29.3. The number of hydrogen-bond donors (Lipinski definition) is 6. The quantitative estimate of drug-likeness (QED) is 0.221. The molecular formula is C29H35N3O8. The lowest BCUT2D eigenvalue weighted by atomic mass is 9.54. The van der Waals surface area contributed by atoms with Gasteiger partial charge in [0.05, 0.1) is 29.7 Å². The van der Waals surface area contributed by atoms with E-state index in [1.807, 2.05) is 13.8 Å². The van der Waals surface area contributed by atoms with Crippen LogP contribution in [0.5, 0.6) is 5.75 Å². The number of nitrogens with zero attached hydrogens (tertiary/aromatic N) is 2. The number of nitriles is 1. The predicted molar refractivity (Wildman–Crippen MR) is 143 cm³/mol. The van der Waals surface area contributed by atoms with Gasteiger partial charge in [0.15, 0.2) is 11.4 Å². The summed E-state index contributed by atoms with van der Waals surface area (Å²) in [5.74, 6) is -9.11. The summed E-state index contributed by atoms with van der Waals surface area (Å²) in [6.07, 6.45) is -0.184. The van der Waals surface area contributed by atoms with Crippen molar-refractivity contribution in [1.29, 1.82) is 5.26 Å². The van der Waals surface area contributed by atoms with E-state index in [-0.39, 0.29) is 11.3 Å². The van der Waals surface area contributed by atoms with Crippen LogP contribution in [0.1, 0.15) is 62.6 Å². The number of Topliss-reactive ketones (excluding diaryl/α,β-unsaturated/α-hetero) is 2. The molecule has 0 spiro atoms. The second-order valence-electron chi connectivity index (χ2n) is 11.9. The molecule has 11 nitrogen and oxygen atoms in total. The number of carbonyl (C=O) groups excluding carboxylic acids is 3. The average Bonchev–Trinajstić information content (AvgIpc) is 2.85. The summed E-state index contributed by atoms with van der Waals surface area (Å²) in [6.45, 7) is 5.44. The van der Waals surface area contributed by atoms with Crippen molar-refractivity contribution in [2.45, 2.75) is 69.1 Å². The third kappa shape index (κ3) is 3.85. The third-order valence-corrected chi connectivity index (χ3v) is 8.95. The van der Waals surface area contributed by atoms with Crippen molar-refractivity contribution >= 4 is 23.2 Å². The maximum Gasteiger partial charge on any atom is 0.255 e. The number of ketones is 2. The van der Waals surface area contributed by atoms with Crippen LogP contribution in [0.15, 0.2) is 29.0 Å². The number of primary amides is 1. The fourth-order valence-electron chi connectivity index (χ4n) is 6.91. The Balaban J connectivity index is 1.98. The summed E-state index contributed by atoms with van der Waals surface area (Å²) in [5.41, 5.74) is 1.27. The molecule has 6 atom stereocenters. The molecule has 214 valence electrons. The fourth-order valence-corrected chi connectivity index (χ4v) is 6.91. The number of likely N-dealkylation sites (N-methyl/N-ethyl adjacent to an activating group) is 1. The van der Waals surface area contributed by atoms with E-state index < -0.39 is 81.1 Å². The van der Waals surface area contributed by atoms with Crippen molar-refractivity contribution in [1.82, 2.24) is 4.90 Å². The van der Waals surface area contributed by atoms with Crippen LogP contribution < -0.4 is 5.73 Å². The second kappa shape index (κ2) is 9.73. The molecule has 1 amide bonds. The Kier molecular flexibility index (Phi) is 7.12. The molecule has 0 aliphatic heterocycles. The molecule has 0 saturated heterocycles. The summed E-state index contributed by atoms with van der Waals surface area (Å²) in [4.78, 5) is 40.8. The number of hydrogen-bond acceptors (Lipinski definition) is 10. The van der Waals surface area contributed by atoms with Crippen LogP contribution in [0.4, 0.5) is 0 Å². The monoisotopic (exact) mass is 553 g/mol. The molecule has 1 saturated carbocycles. The highest BCUT2D eigenvalue weighted by molar-refractivity contribution is 6.24. The van der Waals surface area contributed by atoms with Gasteiger partial charge in [-0.3, -0.25) is 19.3 Å². The Bertz CT molecular complexity index is 1420. The van der Waals surface area contributed by atoms with Gasteiger partial charge in [-0.1, -0.05) is 32.9 Å². The molecule has 1 fully saturated rings. The maximum atomic E-state index is 14.1. The summed E-state index contributed by atoms with van der Waals surface area (Å²) in [7, 11) is 2.92. The number of aromatic hydroxyl groups is 1. The van der Waals surface area contributed by atoms with E-state index >= 15 is 0 Å². The minimum absolute atomic E-state index is 0.0400. The molecule has 1 aromatic rings. The molecule has 7 N–H and O–H groups in total. The van der Waals surface area contributed by atoms with Crippen LogP contribution in [-0.2, 0) is 19.8 Å². The van der Waals surface area contributed by atoms with Crippen LogP contribution in [0.25, 0.3) is 5.76 Å². The molecule has 0 aromatic heterocycles. The molecule has 11 heteroatoms. The molecule has 4 rings (SSSR count). The number of aliphatic hydroxyl groups excluding tert-OH is 3. The summed E-state index contributed by atoms with van der Waals surface area (Å²) < 4.78 is 0. The molecule has 0 heterocycles. The van der Waals surface area contributed by atoms with Gasteiger partial charge in [-0.25, -0.2) is 0 Å². The number of benzene rings is 1. The zero-order valence-electron chi connectivity index (χ0n) is 23.1. The largest absolute Gasteiger partial charge is 0.508 e. The number of rotatable bonds is 6. The maximum absolute atomic E-state index is 14.1. The van der Waals surface area contributed by atoms with Gasteiger partial charge >= 0.3 is 0 Å². The Morgan fingerprint density at radius 3 is 2.38 bits per heavy atom. The van der Waals surface area contributed by atoms with Crippen molar-refractivity contribution in [3.63, 3.8) is 0 Å². The number of nitrogens with two attached hydrogens (primary N) is 1. The highest BCUT2D eigenvalue weighted by Gasteiger charge is 2.68. The zero-order chi connectivity index (χ0) is 30.1. The van der Waals surface area contributed by atoms with E-state index in [1.54, 1.807) is 19.1 Å². The van der Waals surface area contributed by atoms with E-state index in [4.69, 9.17) is 11.0 Å². The van der Waals surface area contributed by atoms with E-state index in [0.29, 0.717) is 30.4 Å². The Labute approximate surface area is 231 Å². The van der Waals surface area contributed by atoms with E-state index in [9.17, 15) is 39.9 Å². The fraction of sp³-hybridized carbons (Fsp3) is 0.517. The Hall–Kier alpha value is -3.72. The van der Waals surface area contributed by atoms with Crippen LogP contribution >= 0.6 is 0 Å². The van der Waals surface area contributed by atoms with Crippen LogP contribution in [-0.4, -0.2) is 79.7 Å². The highest BCUT2D eigenvalue weighted by atomic mass is 16.4. The molecule has 0 unspecified atom stereocenters. The average molecular weight is 554 g/mol. The molecule has 40 heavy (non-hydrogen) atoms. The van der Waals surface area contributed by atoms with Gasteiger partial charge in [-0.15, -0.1) is 0 Å². The molecule has 1 aromatic carbocycles. The molecule has 0 bridgehead atoms. The number of phenols is 1. The molecule has 0 radical (unpaired) electrons. The van der Waals surface area contributed by atoms with E-state index in [2.05, 4.69) is 6.07 Å². The number of fused-ring (bicyclic) bond motifs is 3. The normalized spacial score (nSPS) is 30.1. The van der Waals surface area contributed by atoms with E-state index in [1.165, 1.54) is 19.0 Å². The van der Waals surface area contributed by atoms with Gasteiger partial charge in [-0.2, -0.15) is 5.26 Å². The lowest BCUT2D eigenvalue weighted by Gasteiger charge is -2.53. The van der Waals surface area contributed by atoms with Gasteiger partial charge in [0.25, 0.3) is 5.91 Å². The lowest BCUT2D eigenvalue weighted by molar-refractivity contribution is -0.169. The van der Waals surface area contributed by atoms with Crippen molar-refractivity contribution in [2.75, 3.05) is 14.1 Å². The van der Waals surface area contributed by atoms with Crippen LogP contribution in [0.3, 0.4) is 0 Å². The Morgan fingerprint density at radius 2 is 1.82 bits per heavy atom. The van der Waals surface area contributed by atoms with Crippen molar-refractivity contribution in [3.8, 4) is 11.8 Å². The molecular weight excluding hydrogens is 518 g/mol. The number of carbonyl (C=O) groups is 3. The first-order chi connectivity index (χ1) is 18.5. The third-order valence-electron chi connectivity index (χ3n) is 8.95. The van der Waals surface area contributed by atoms with Crippen molar-refractivity contribution < 1.29 is 39.9 Å². The minimum Gasteiger partial charge on any atom is -0.508 e. The number of aliphatic hydroxyl groups is 4. The van der Waals surface area contributed by atoms with Gasteiger partial charge in [0, 0.05) is 23.5 Å². The van der Waals surface area contributed by atoms with Crippen molar-refractivity contribution in [3.05, 3.63) is 45.7 Å². The van der Waals surface area contributed by atoms with Gasteiger partial charge in [0.2, 0.25) is 5.78 Å². The van der Waals surface area contributed by atoms with E-state index in [0.717, 1.165) is 0 Å². The van der Waals surface area contributed by atoms with Gasteiger partial charge in [0.1, 0.15) is 22.8 Å². The summed E-state index contributed by atoms with van der Waals surface area (Å²) >= 11 is 0. The standard InChI is InChI=1S/C29H35N3O8/c1-12-13-8-9-14(28(2,3)10-6-7-11-30)21(33)16(13)22(34)17-15(12)23(35)19-20(32(4)5)24(36)18(27(31)39)26(38)29(19,40)25(17)37/h8-9,12,15,19-20,23,33-35,38,40H,6-7,10H2,1-5H3,(H2,31,39)/t12-,15+,19+,20-,23-,29-/m0/s1. The first-order valence-electron chi connectivity index (χ1n) is 13.1. The Morgan fingerprint density at radius 1 is 1.20 bits per heavy atom. The summed E-state index contributed by atoms with van der Waals surface area (Å²) in [5, 5.41) is 66.3. The van der Waals surface area contributed by atoms with Crippen LogP contribution in [0.2, 0.25) is 0 Å². The van der Waals surface area contributed by atoms with Gasteiger partial charge in [-0.05, 0) is 43.8 Å². The number of unbranched alkanes of at least 4 members (excludes halogenated alkanes) is 1. The SMILES string of the molecule is C[C@H]1c2ccc(C(C)(C)CCCC#N)c(O)c2C(O)=C2C(=O)[C@]3(O)C(O)=C(C(N)=O)C(=O)[C@@H](N(C)C)[C@@H]3[C@@H](O)[C@@H]21. The van der Waals surface area contributed by atoms with Crippen LogP contribution in [0, 0.1) is 23.2 Å². The number of phenolic OH excluding ortho intramolecular Hbond substituents is 1. The smallest absolute Gasteiger partial charge is 0.255 e. The molecule has 3 aliphatic carbocycles. The van der Waals surface area contributed by atoms with Crippen molar-refractivity contribution in [2.24, 2.45) is 17.6 Å². The minimum atomic E-state index is -2.95. The second-order valence-corrected chi connectivity index (χ2v) is 11.9. The summed E-state index contributed by atoms with van der Waals surface area (Å²) in [6, 6.07) is 4.10. The topological polar surface area (TPSA) is 205 Å². The zero-order valence-corrected chi connectivity index (χ0v) is 23.1. The first-order valence-corrected chi connectivity index (χ1v) is 13.1.